The van der Waals surface area contributed by atoms with Gasteiger partial charge < -0.3 is 14.9 Å². The van der Waals surface area contributed by atoms with E-state index < -0.39 is 6.10 Å². The maximum atomic E-state index is 12.2. The van der Waals surface area contributed by atoms with Gasteiger partial charge in [-0.3, -0.25) is 9.59 Å². The van der Waals surface area contributed by atoms with E-state index in [4.69, 9.17) is 0 Å². The Morgan fingerprint density at radius 2 is 1.95 bits per heavy atom. The molecule has 1 aromatic rings. The maximum Gasteiger partial charge on any atom is 0.264 e. The summed E-state index contributed by atoms with van der Waals surface area (Å²) < 4.78 is 0. The lowest BCUT2D eigenvalue weighted by atomic mass is 10.2. The highest BCUT2D eigenvalue weighted by Crippen LogP contribution is 2.14. The predicted molar refractivity (Wildman–Crippen MR) is 77.7 cm³/mol. The van der Waals surface area contributed by atoms with Crippen molar-refractivity contribution in [2.45, 2.75) is 25.9 Å². The van der Waals surface area contributed by atoms with Crippen molar-refractivity contribution < 1.29 is 14.7 Å². The Morgan fingerprint density at radius 1 is 1.30 bits per heavy atom. The van der Waals surface area contributed by atoms with Crippen molar-refractivity contribution in [3.63, 3.8) is 0 Å². The zero-order valence-corrected chi connectivity index (χ0v) is 12.4. The topological polar surface area (TPSA) is 60.9 Å². The van der Waals surface area contributed by atoms with Gasteiger partial charge in [-0.05, 0) is 24.8 Å². The van der Waals surface area contributed by atoms with Crippen molar-refractivity contribution in [2.24, 2.45) is 0 Å². The van der Waals surface area contributed by atoms with Crippen LogP contribution in [0, 0.1) is 0 Å². The van der Waals surface area contributed by atoms with Crippen LogP contribution in [-0.4, -0.2) is 59.0 Å². The van der Waals surface area contributed by atoms with Crippen LogP contribution in [0.3, 0.4) is 0 Å². The molecule has 0 aliphatic carbocycles. The number of hydrogen-bond acceptors (Lipinski definition) is 4. The third kappa shape index (κ3) is 3.80. The van der Waals surface area contributed by atoms with E-state index in [0.29, 0.717) is 39.0 Å². The molecule has 2 rings (SSSR count). The quantitative estimate of drug-likeness (QED) is 0.908. The normalized spacial score (nSPS) is 17.1. The van der Waals surface area contributed by atoms with Gasteiger partial charge in [0.15, 0.2) is 0 Å². The summed E-state index contributed by atoms with van der Waals surface area (Å²) in [6.07, 6.45) is 0.421. The zero-order valence-electron chi connectivity index (χ0n) is 11.6. The molecule has 1 aromatic heterocycles. The predicted octanol–water partition coefficient (Wildman–Crippen LogP) is 1.19. The Labute approximate surface area is 122 Å². The average molecular weight is 296 g/mol. The van der Waals surface area contributed by atoms with Crippen LogP contribution in [0.2, 0.25) is 0 Å². The number of thiophene rings is 1. The number of carbonyl (C=O) groups is 2. The van der Waals surface area contributed by atoms with E-state index in [9.17, 15) is 14.7 Å². The molecule has 110 valence electrons. The molecule has 6 heteroatoms. The summed E-state index contributed by atoms with van der Waals surface area (Å²) in [5.74, 6) is 0.116. The Morgan fingerprint density at radius 3 is 2.50 bits per heavy atom. The summed E-state index contributed by atoms with van der Waals surface area (Å²) in [6.45, 7) is 4.00. The Balaban J connectivity index is 1.80. The molecule has 5 nitrogen and oxygen atoms in total. The summed E-state index contributed by atoms with van der Waals surface area (Å²) in [4.78, 5) is 28.4. The second kappa shape index (κ2) is 6.85. The summed E-state index contributed by atoms with van der Waals surface area (Å²) in [5, 5.41) is 11.1. The molecule has 0 radical (unpaired) electrons. The van der Waals surface area contributed by atoms with E-state index >= 15 is 0 Å². The number of aliphatic hydroxyl groups is 1. The summed E-state index contributed by atoms with van der Waals surface area (Å²) in [5.41, 5.74) is 0. The fraction of sp³-hybridized carbons (Fsp3) is 0.571. The number of piperazine rings is 1. The second-order valence-corrected chi connectivity index (χ2v) is 5.99. The first-order valence-corrected chi connectivity index (χ1v) is 7.74. The van der Waals surface area contributed by atoms with Gasteiger partial charge in [0.1, 0.15) is 0 Å². The lowest BCUT2D eigenvalue weighted by Crippen LogP contribution is -2.50. The fourth-order valence-electron chi connectivity index (χ4n) is 2.21. The van der Waals surface area contributed by atoms with Crippen molar-refractivity contribution in [1.82, 2.24) is 9.80 Å². The number of amides is 2. The Kier molecular flexibility index (Phi) is 5.14. The molecule has 2 heterocycles. The van der Waals surface area contributed by atoms with Crippen molar-refractivity contribution in [2.75, 3.05) is 26.2 Å². The first kappa shape index (κ1) is 15.0. The van der Waals surface area contributed by atoms with Gasteiger partial charge in [0.05, 0.1) is 11.0 Å². The molecule has 1 aliphatic rings. The number of nitrogens with zero attached hydrogens (tertiary/aromatic N) is 2. The van der Waals surface area contributed by atoms with Crippen LogP contribution in [0.25, 0.3) is 0 Å². The number of rotatable bonds is 4. The van der Waals surface area contributed by atoms with Gasteiger partial charge in [0, 0.05) is 32.6 Å². The first-order chi connectivity index (χ1) is 9.58. The second-order valence-electron chi connectivity index (χ2n) is 5.04. The molecule has 1 fully saturated rings. The van der Waals surface area contributed by atoms with E-state index in [1.54, 1.807) is 16.7 Å². The van der Waals surface area contributed by atoms with Gasteiger partial charge in [-0.15, -0.1) is 11.3 Å². The van der Waals surface area contributed by atoms with E-state index in [2.05, 4.69) is 0 Å². The number of carbonyl (C=O) groups excluding carboxylic acids is 2. The van der Waals surface area contributed by atoms with Gasteiger partial charge in [-0.1, -0.05) is 6.07 Å². The Bertz CT molecular complexity index is 451. The van der Waals surface area contributed by atoms with Gasteiger partial charge in [-0.25, -0.2) is 0 Å². The lowest BCUT2D eigenvalue weighted by molar-refractivity contribution is -0.133. The van der Waals surface area contributed by atoms with Crippen LogP contribution in [0.15, 0.2) is 17.5 Å². The monoisotopic (exact) mass is 296 g/mol. The van der Waals surface area contributed by atoms with Crippen LogP contribution in [0.4, 0.5) is 0 Å². The van der Waals surface area contributed by atoms with E-state index in [-0.39, 0.29) is 11.8 Å². The Hall–Kier alpha value is -1.40. The van der Waals surface area contributed by atoms with E-state index in [1.165, 1.54) is 11.3 Å². The molecule has 0 aromatic carbocycles. The molecule has 2 amide bonds. The summed E-state index contributed by atoms with van der Waals surface area (Å²) in [7, 11) is 0. The van der Waals surface area contributed by atoms with Crippen LogP contribution in [-0.2, 0) is 4.79 Å². The fourth-order valence-corrected chi connectivity index (χ4v) is 2.90. The zero-order chi connectivity index (χ0) is 14.5. The van der Waals surface area contributed by atoms with E-state index in [1.807, 2.05) is 17.5 Å². The van der Waals surface area contributed by atoms with Crippen LogP contribution in [0.1, 0.15) is 29.4 Å². The molecule has 0 spiro atoms. The lowest BCUT2D eigenvalue weighted by Gasteiger charge is -2.34. The minimum atomic E-state index is -0.444. The molecule has 20 heavy (non-hydrogen) atoms. The van der Waals surface area contributed by atoms with Gasteiger partial charge >= 0.3 is 0 Å². The molecule has 1 aliphatic heterocycles. The van der Waals surface area contributed by atoms with Crippen LogP contribution >= 0.6 is 11.3 Å². The third-order valence-electron chi connectivity index (χ3n) is 3.43. The molecule has 1 saturated heterocycles. The molecule has 1 atom stereocenters. The number of hydrogen-bond donors (Lipinski definition) is 1. The molecule has 1 N–H and O–H groups in total. The van der Waals surface area contributed by atoms with Gasteiger partial charge in [0.25, 0.3) is 5.91 Å². The van der Waals surface area contributed by atoms with Crippen LogP contribution in [0.5, 0.6) is 0 Å². The SMILES string of the molecule is CC(O)CCC(=O)N1CCN(C(=O)c2cccs2)CC1. The van der Waals surface area contributed by atoms with Crippen molar-refractivity contribution in [3.8, 4) is 0 Å². The molecular formula is C14H20N2O3S. The highest BCUT2D eigenvalue weighted by molar-refractivity contribution is 7.12. The minimum absolute atomic E-state index is 0.0519. The van der Waals surface area contributed by atoms with Crippen LogP contribution < -0.4 is 0 Å². The smallest absolute Gasteiger partial charge is 0.264 e. The van der Waals surface area contributed by atoms with E-state index in [0.717, 1.165) is 4.88 Å². The first-order valence-electron chi connectivity index (χ1n) is 6.86. The standard InChI is InChI=1S/C14H20N2O3S/c1-11(17)4-5-13(18)15-6-8-16(9-7-15)14(19)12-3-2-10-20-12/h2-3,10-11,17H,4-9H2,1H3. The average Bonchev–Trinajstić information content (AvgIpc) is 2.98. The maximum absolute atomic E-state index is 12.2. The van der Waals surface area contributed by atoms with Crippen molar-refractivity contribution in [1.29, 1.82) is 0 Å². The van der Waals surface area contributed by atoms with Crippen molar-refractivity contribution in [3.05, 3.63) is 22.4 Å². The third-order valence-corrected chi connectivity index (χ3v) is 4.29. The van der Waals surface area contributed by atoms with Crippen molar-refractivity contribution >= 4 is 23.2 Å². The molecular weight excluding hydrogens is 276 g/mol. The number of aliphatic hydroxyl groups excluding tert-OH is 1. The highest BCUT2D eigenvalue weighted by atomic mass is 32.1. The summed E-state index contributed by atoms with van der Waals surface area (Å²) in [6, 6.07) is 3.70. The van der Waals surface area contributed by atoms with Gasteiger partial charge in [-0.2, -0.15) is 0 Å². The highest BCUT2D eigenvalue weighted by Gasteiger charge is 2.25. The van der Waals surface area contributed by atoms with Gasteiger partial charge in [0.2, 0.25) is 5.91 Å². The summed E-state index contributed by atoms with van der Waals surface area (Å²) >= 11 is 1.44. The molecule has 1 unspecified atom stereocenters. The molecule has 0 saturated carbocycles. The molecule has 0 bridgehead atoms. The largest absolute Gasteiger partial charge is 0.393 e. The minimum Gasteiger partial charge on any atom is -0.393 e.